The van der Waals surface area contributed by atoms with Crippen molar-refractivity contribution in [3.63, 3.8) is 0 Å². The van der Waals surface area contributed by atoms with Crippen LogP contribution >= 0.6 is 0 Å². The predicted molar refractivity (Wildman–Crippen MR) is 85.3 cm³/mol. The Balaban J connectivity index is 1.92. The zero-order valence-corrected chi connectivity index (χ0v) is 13.4. The van der Waals surface area contributed by atoms with Crippen LogP contribution in [0.2, 0.25) is 0 Å². The van der Waals surface area contributed by atoms with E-state index >= 15 is 0 Å². The van der Waals surface area contributed by atoms with E-state index in [-0.39, 0.29) is 30.6 Å². The van der Waals surface area contributed by atoms with Gasteiger partial charge in [0.15, 0.2) is 0 Å². The van der Waals surface area contributed by atoms with E-state index in [1.165, 1.54) is 12.7 Å². The van der Waals surface area contributed by atoms with E-state index in [1.54, 1.807) is 0 Å². The smallest absolute Gasteiger partial charge is 0.319 e. The lowest BCUT2D eigenvalue weighted by molar-refractivity contribution is -0.142. The van der Waals surface area contributed by atoms with Gasteiger partial charge in [-0.2, -0.15) is 0 Å². The quantitative estimate of drug-likeness (QED) is 0.769. The number of benzene rings is 1. The lowest BCUT2D eigenvalue weighted by Gasteiger charge is -2.38. The van der Waals surface area contributed by atoms with Crippen molar-refractivity contribution < 1.29 is 14.6 Å². The van der Waals surface area contributed by atoms with Crippen LogP contribution in [-0.2, 0) is 16.1 Å². The maximum Gasteiger partial charge on any atom is 0.319 e. The van der Waals surface area contributed by atoms with Gasteiger partial charge in [-0.05, 0) is 24.8 Å². The number of hydrogen-bond acceptors (Lipinski definition) is 5. The van der Waals surface area contributed by atoms with Gasteiger partial charge in [-0.3, -0.25) is 9.69 Å². The molecular formula is C17H26N2O3. The Morgan fingerprint density at radius 2 is 2.14 bits per heavy atom. The molecule has 0 saturated carbocycles. The summed E-state index contributed by atoms with van der Waals surface area (Å²) in [6.45, 7) is 4.43. The molecule has 1 aliphatic rings. The fraction of sp³-hybridized carbons (Fsp3) is 0.588. The van der Waals surface area contributed by atoms with Crippen molar-refractivity contribution in [3.05, 3.63) is 35.9 Å². The van der Waals surface area contributed by atoms with Crippen LogP contribution in [0.5, 0.6) is 0 Å². The number of hydrogen-bond donors (Lipinski definition) is 2. The second kappa shape index (κ2) is 8.27. The summed E-state index contributed by atoms with van der Waals surface area (Å²) < 4.78 is 4.75. The lowest BCUT2D eigenvalue weighted by atomic mass is 9.90. The van der Waals surface area contributed by atoms with Crippen LogP contribution in [0.25, 0.3) is 0 Å². The van der Waals surface area contributed by atoms with Gasteiger partial charge < -0.3 is 15.2 Å². The molecular weight excluding hydrogens is 280 g/mol. The molecule has 3 unspecified atom stereocenters. The average Bonchev–Trinajstić information content (AvgIpc) is 2.53. The topological polar surface area (TPSA) is 61.8 Å². The number of aliphatic hydroxyl groups is 1. The second-order valence-corrected chi connectivity index (χ2v) is 6.07. The molecule has 1 aliphatic heterocycles. The summed E-state index contributed by atoms with van der Waals surface area (Å²) in [5.41, 5.74) is 1.24. The number of nitrogens with one attached hydrogen (secondary N) is 1. The molecule has 122 valence electrons. The first-order chi connectivity index (χ1) is 10.6. The minimum Gasteiger partial charge on any atom is -0.468 e. The third kappa shape index (κ3) is 5.09. The van der Waals surface area contributed by atoms with E-state index in [9.17, 15) is 9.90 Å². The fourth-order valence-electron chi connectivity index (χ4n) is 2.96. The highest BCUT2D eigenvalue weighted by atomic mass is 16.5. The Morgan fingerprint density at radius 1 is 1.41 bits per heavy atom. The van der Waals surface area contributed by atoms with Crippen LogP contribution in [0, 0.1) is 5.92 Å². The highest BCUT2D eigenvalue weighted by molar-refractivity contribution is 5.71. The normalized spacial score (nSPS) is 24.0. The van der Waals surface area contributed by atoms with Crippen molar-refractivity contribution in [1.29, 1.82) is 0 Å². The molecule has 3 atom stereocenters. The number of rotatable bonds is 6. The fourth-order valence-corrected chi connectivity index (χ4v) is 2.96. The van der Waals surface area contributed by atoms with E-state index < -0.39 is 0 Å². The molecule has 1 aromatic carbocycles. The minimum atomic E-state index is -0.374. The molecule has 0 aromatic heterocycles. The number of carbonyl (C=O) groups is 1. The third-order valence-corrected chi connectivity index (χ3v) is 4.26. The van der Waals surface area contributed by atoms with Crippen molar-refractivity contribution >= 4 is 5.97 Å². The maximum atomic E-state index is 11.5. The molecule has 0 radical (unpaired) electrons. The van der Waals surface area contributed by atoms with E-state index in [2.05, 4.69) is 22.3 Å². The highest BCUT2D eigenvalue weighted by Crippen LogP contribution is 2.20. The average molecular weight is 306 g/mol. The Kier molecular flexibility index (Phi) is 6.36. The largest absolute Gasteiger partial charge is 0.468 e. The molecule has 22 heavy (non-hydrogen) atoms. The SMILES string of the molecule is COC(=O)CN1CC(NCc2ccccc2)CC(C(C)O)C1. The van der Waals surface area contributed by atoms with E-state index in [0.717, 1.165) is 26.1 Å². The summed E-state index contributed by atoms with van der Waals surface area (Å²) in [7, 11) is 1.41. The Bertz CT molecular complexity index is 464. The predicted octanol–water partition coefficient (Wildman–Crippen LogP) is 1.02. The Morgan fingerprint density at radius 3 is 2.77 bits per heavy atom. The molecule has 1 fully saturated rings. The summed E-state index contributed by atoms with van der Waals surface area (Å²) in [5, 5.41) is 13.5. The molecule has 5 nitrogen and oxygen atoms in total. The Hall–Kier alpha value is -1.43. The number of nitrogens with zero attached hydrogens (tertiary/aromatic N) is 1. The molecule has 5 heteroatoms. The first-order valence-electron chi connectivity index (χ1n) is 7.83. The van der Waals surface area contributed by atoms with Crippen molar-refractivity contribution in [2.45, 2.75) is 32.0 Å². The molecule has 0 amide bonds. The van der Waals surface area contributed by atoms with Gasteiger partial charge >= 0.3 is 5.97 Å². The summed E-state index contributed by atoms with van der Waals surface area (Å²) in [4.78, 5) is 13.6. The number of carbonyl (C=O) groups excluding carboxylic acids is 1. The Labute approximate surface area is 132 Å². The van der Waals surface area contributed by atoms with Crippen LogP contribution in [0.1, 0.15) is 18.9 Å². The van der Waals surface area contributed by atoms with Crippen molar-refractivity contribution in [1.82, 2.24) is 10.2 Å². The highest BCUT2D eigenvalue weighted by Gasteiger charge is 2.30. The first kappa shape index (κ1) is 16.9. The van der Waals surface area contributed by atoms with Gasteiger partial charge in [-0.15, -0.1) is 0 Å². The monoisotopic (exact) mass is 306 g/mol. The van der Waals surface area contributed by atoms with Crippen molar-refractivity contribution in [2.75, 3.05) is 26.7 Å². The molecule has 1 saturated heterocycles. The van der Waals surface area contributed by atoms with Gasteiger partial charge in [0.05, 0.1) is 19.8 Å². The van der Waals surface area contributed by atoms with Gasteiger partial charge in [-0.25, -0.2) is 0 Å². The molecule has 0 spiro atoms. The van der Waals surface area contributed by atoms with E-state index in [0.29, 0.717) is 0 Å². The van der Waals surface area contributed by atoms with Crippen LogP contribution in [0.15, 0.2) is 30.3 Å². The lowest BCUT2D eigenvalue weighted by Crippen LogP contribution is -2.52. The number of esters is 1. The maximum absolute atomic E-state index is 11.5. The molecule has 0 bridgehead atoms. The zero-order chi connectivity index (χ0) is 15.9. The number of piperidine rings is 1. The van der Waals surface area contributed by atoms with Crippen LogP contribution in [-0.4, -0.2) is 54.9 Å². The van der Waals surface area contributed by atoms with Gasteiger partial charge in [0.25, 0.3) is 0 Å². The van der Waals surface area contributed by atoms with E-state index in [1.807, 2.05) is 25.1 Å². The summed E-state index contributed by atoms with van der Waals surface area (Å²) in [6.07, 6.45) is 0.545. The number of ether oxygens (including phenoxy) is 1. The van der Waals surface area contributed by atoms with Crippen molar-refractivity contribution in [3.8, 4) is 0 Å². The van der Waals surface area contributed by atoms with Gasteiger partial charge in [0, 0.05) is 25.7 Å². The summed E-state index contributed by atoms with van der Waals surface area (Å²) in [6, 6.07) is 10.5. The number of methoxy groups -OCH3 is 1. The van der Waals surface area contributed by atoms with Gasteiger partial charge in [-0.1, -0.05) is 30.3 Å². The van der Waals surface area contributed by atoms with Gasteiger partial charge in [0.1, 0.15) is 0 Å². The van der Waals surface area contributed by atoms with Crippen molar-refractivity contribution in [2.24, 2.45) is 5.92 Å². The first-order valence-corrected chi connectivity index (χ1v) is 7.83. The van der Waals surface area contributed by atoms with Crippen LogP contribution < -0.4 is 5.32 Å². The molecule has 0 aliphatic carbocycles. The number of likely N-dealkylation sites (tertiary alicyclic amines) is 1. The molecule has 2 N–H and O–H groups in total. The zero-order valence-electron chi connectivity index (χ0n) is 13.4. The van der Waals surface area contributed by atoms with Crippen LogP contribution in [0.4, 0.5) is 0 Å². The second-order valence-electron chi connectivity index (χ2n) is 6.07. The molecule has 1 aromatic rings. The van der Waals surface area contributed by atoms with E-state index in [4.69, 9.17) is 4.74 Å². The standard InChI is InChI=1S/C17H26N2O3/c1-13(20)15-8-16(11-19(10-15)12-17(21)22-2)18-9-14-6-4-3-5-7-14/h3-7,13,15-16,18,20H,8-12H2,1-2H3. The molecule has 2 rings (SSSR count). The number of aliphatic hydroxyl groups excluding tert-OH is 1. The third-order valence-electron chi connectivity index (χ3n) is 4.26. The van der Waals surface area contributed by atoms with Crippen LogP contribution in [0.3, 0.4) is 0 Å². The molecule has 1 heterocycles. The summed E-state index contributed by atoms with van der Waals surface area (Å²) in [5.74, 6) is -0.0558. The summed E-state index contributed by atoms with van der Waals surface area (Å²) >= 11 is 0. The van der Waals surface area contributed by atoms with Gasteiger partial charge in [0.2, 0.25) is 0 Å². The minimum absolute atomic E-state index is 0.173.